The lowest BCUT2D eigenvalue weighted by atomic mass is 10.2. The second-order valence-corrected chi connectivity index (χ2v) is 5.67. The van der Waals surface area contributed by atoms with Crippen molar-refractivity contribution >= 4 is 17.2 Å². The van der Waals surface area contributed by atoms with E-state index in [2.05, 4.69) is 10.3 Å². The second kappa shape index (κ2) is 5.76. The molecule has 0 radical (unpaired) electrons. The van der Waals surface area contributed by atoms with Crippen LogP contribution >= 0.6 is 0 Å². The number of aromatic hydroxyl groups is 1. The molecule has 0 fully saturated rings. The summed E-state index contributed by atoms with van der Waals surface area (Å²) in [6, 6.07) is 8.98. The van der Waals surface area contributed by atoms with Gasteiger partial charge in [0, 0.05) is 6.20 Å². The van der Waals surface area contributed by atoms with E-state index >= 15 is 0 Å². The van der Waals surface area contributed by atoms with Crippen molar-refractivity contribution in [2.75, 3.05) is 5.32 Å². The smallest absolute Gasteiger partial charge is 0.274 e. The molecule has 1 aromatic carbocycles. The van der Waals surface area contributed by atoms with Gasteiger partial charge in [0.1, 0.15) is 17.1 Å². The molecule has 0 spiro atoms. The molecule has 23 heavy (non-hydrogen) atoms. The first-order valence-corrected chi connectivity index (χ1v) is 7.58. The van der Waals surface area contributed by atoms with Crippen LogP contribution in [0.1, 0.15) is 34.2 Å². The van der Waals surface area contributed by atoms with Gasteiger partial charge in [-0.15, -0.1) is 0 Å². The van der Waals surface area contributed by atoms with Gasteiger partial charge in [-0.1, -0.05) is 19.1 Å². The van der Waals surface area contributed by atoms with Crippen LogP contribution in [0.15, 0.2) is 36.5 Å². The Morgan fingerprint density at radius 1 is 1.22 bits per heavy atom. The fourth-order valence-corrected chi connectivity index (χ4v) is 2.62. The maximum atomic E-state index is 12.8. The van der Waals surface area contributed by atoms with Crippen LogP contribution in [0.2, 0.25) is 0 Å². The molecule has 2 heterocycles. The highest BCUT2D eigenvalue weighted by Crippen LogP contribution is 2.25. The highest BCUT2D eigenvalue weighted by molar-refractivity contribution is 6.05. The Balaban J connectivity index is 2.06. The van der Waals surface area contributed by atoms with E-state index in [9.17, 15) is 9.90 Å². The maximum absolute atomic E-state index is 12.8. The van der Waals surface area contributed by atoms with Crippen molar-refractivity contribution in [1.82, 2.24) is 9.38 Å². The Hall–Kier alpha value is -2.82. The van der Waals surface area contributed by atoms with Crippen molar-refractivity contribution in [2.45, 2.75) is 27.2 Å². The van der Waals surface area contributed by atoms with Crippen molar-refractivity contribution in [3.63, 3.8) is 0 Å². The zero-order valence-corrected chi connectivity index (χ0v) is 13.4. The Kier molecular flexibility index (Phi) is 3.78. The van der Waals surface area contributed by atoms with Gasteiger partial charge in [-0.2, -0.15) is 0 Å². The molecule has 0 saturated carbocycles. The number of anilines is 1. The summed E-state index contributed by atoms with van der Waals surface area (Å²) in [5.74, 6) is -0.229. The van der Waals surface area contributed by atoms with Gasteiger partial charge < -0.3 is 10.4 Å². The summed E-state index contributed by atoms with van der Waals surface area (Å²) < 4.78 is 1.80. The predicted octanol–water partition coefficient (Wildman–Crippen LogP) is 3.47. The van der Waals surface area contributed by atoms with Crippen LogP contribution in [-0.2, 0) is 6.42 Å². The number of fused-ring (bicyclic) bond motifs is 1. The van der Waals surface area contributed by atoms with E-state index < -0.39 is 0 Å². The number of hydrogen-bond acceptors (Lipinski definition) is 3. The lowest BCUT2D eigenvalue weighted by molar-refractivity contribution is 0.102. The summed E-state index contributed by atoms with van der Waals surface area (Å²) in [4.78, 5) is 17.3. The van der Waals surface area contributed by atoms with Crippen LogP contribution in [0.5, 0.6) is 5.75 Å². The van der Waals surface area contributed by atoms with E-state index in [1.165, 1.54) is 0 Å². The fraction of sp³-hybridized carbons (Fsp3) is 0.222. The first kappa shape index (κ1) is 15.1. The molecule has 0 atom stereocenters. The number of pyridine rings is 1. The quantitative estimate of drug-likeness (QED) is 0.728. The van der Waals surface area contributed by atoms with Crippen molar-refractivity contribution in [2.24, 2.45) is 0 Å². The number of rotatable bonds is 3. The summed E-state index contributed by atoms with van der Waals surface area (Å²) in [7, 11) is 0. The zero-order valence-electron chi connectivity index (χ0n) is 13.4. The molecule has 0 aliphatic carbocycles. The number of phenolic OH excluding ortho intramolecular Hbond substituents is 1. The Morgan fingerprint density at radius 3 is 2.70 bits per heavy atom. The van der Waals surface area contributed by atoms with Crippen LogP contribution < -0.4 is 5.32 Å². The lowest BCUT2D eigenvalue weighted by Crippen LogP contribution is -2.16. The monoisotopic (exact) mass is 309 g/mol. The molecule has 2 aromatic heterocycles. The molecule has 0 saturated heterocycles. The zero-order chi connectivity index (χ0) is 16.6. The highest BCUT2D eigenvalue weighted by Gasteiger charge is 2.19. The molecular weight excluding hydrogens is 290 g/mol. The molecule has 2 N–H and O–H groups in total. The van der Waals surface area contributed by atoms with Gasteiger partial charge >= 0.3 is 0 Å². The molecule has 0 bridgehead atoms. The number of nitrogens with one attached hydrogen (secondary N) is 1. The largest absolute Gasteiger partial charge is 0.506 e. The summed E-state index contributed by atoms with van der Waals surface area (Å²) in [5.41, 5.74) is 4.39. The summed E-state index contributed by atoms with van der Waals surface area (Å²) in [5, 5.41) is 12.7. The van der Waals surface area contributed by atoms with Crippen LogP contribution in [-0.4, -0.2) is 20.4 Å². The number of carbonyl (C=O) groups excluding carboxylic acids is 1. The van der Waals surface area contributed by atoms with Crippen molar-refractivity contribution in [1.29, 1.82) is 0 Å². The van der Waals surface area contributed by atoms with Gasteiger partial charge in [-0.25, -0.2) is 4.98 Å². The minimum atomic E-state index is -0.277. The van der Waals surface area contributed by atoms with E-state index in [-0.39, 0.29) is 11.7 Å². The van der Waals surface area contributed by atoms with Crippen LogP contribution in [0, 0.1) is 13.8 Å². The van der Waals surface area contributed by atoms with Crippen molar-refractivity contribution < 1.29 is 9.90 Å². The molecule has 1 amide bonds. The van der Waals surface area contributed by atoms with Crippen molar-refractivity contribution in [3.05, 3.63) is 59.0 Å². The number of aryl methyl sites for hydroxylation is 3. The number of amides is 1. The molecule has 118 valence electrons. The summed E-state index contributed by atoms with van der Waals surface area (Å²) >= 11 is 0. The molecule has 3 rings (SSSR count). The highest BCUT2D eigenvalue weighted by atomic mass is 16.3. The maximum Gasteiger partial charge on any atom is 0.274 e. The van der Waals surface area contributed by atoms with Gasteiger partial charge in [0.15, 0.2) is 0 Å². The van der Waals surface area contributed by atoms with Gasteiger partial charge in [0.25, 0.3) is 5.91 Å². The predicted molar refractivity (Wildman–Crippen MR) is 90.1 cm³/mol. The SMILES string of the molecule is CCc1nc2ccc(C)cn2c1C(=O)Nc1cc(C)ccc1O. The number of phenols is 1. The van der Waals surface area contributed by atoms with Gasteiger partial charge in [0.2, 0.25) is 0 Å². The lowest BCUT2D eigenvalue weighted by Gasteiger charge is -2.09. The topological polar surface area (TPSA) is 66.6 Å². The third-order valence-electron chi connectivity index (χ3n) is 3.79. The average Bonchev–Trinajstić information content (AvgIpc) is 2.88. The van der Waals surface area contributed by atoms with Crippen LogP contribution in [0.4, 0.5) is 5.69 Å². The first-order valence-electron chi connectivity index (χ1n) is 7.58. The number of hydrogen-bond donors (Lipinski definition) is 2. The molecule has 0 aliphatic heterocycles. The number of nitrogens with zero attached hydrogens (tertiary/aromatic N) is 2. The number of imidazole rings is 1. The number of aromatic nitrogens is 2. The van der Waals surface area contributed by atoms with E-state index in [0.717, 1.165) is 22.5 Å². The molecule has 5 nitrogen and oxygen atoms in total. The standard InChI is InChI=1S/C18H19N3O2/c1-4-13-17(21-10-12(3)6-8-16(21)19-13)18(23)20-14-9-11(2)5-7-15(14)22/h5-10,22H,4H2,1-3H3,(H,20,23). The average molecular weight is 309 g/mol. The second-order valence-electron chi connectivity index (χ2n) is 5.67. The van der Waals surface area contributed by atoms with E-state index in [0.29, 0.717) is 17.8 Å². The molecule has 3 aromatic rings. The number of benzene rings is 1. The third-order valence-corrected chi connectivity index (χ3v) is 3.79. The van der Waals surface area contributed by atoms with Gasteiger partial charge in [-0.05, 0) is 49.6 Å². The third kappa shape index (κ3) is 2.77. The Labute approximate surface area is 134 Å². The summed E-state index contributed by atoms with van der Waals surface area (Å²) in [6.07, 6.45) is 2.55. The molecule has 0 unspecified atom stereocenters. The fourth-order valence-electron chi connectivity index (χ4n) is 2.62. The van der Waals surface area contributed by atoms with Crippen molar-refractivity contribution in [3.8, 4) is 5.75 Å². The Morgan fingerprint density at radius 2 is 1.96 bits per heavy atom. The summed E-state index contributed by atoms with van der Waals surface area (Å²) in [6.45, 7) is 5.85. The van der Waals surface area contributed by atoms with Crippen LogP contribution in [0.3, 0.4) is 0 Å². The Bertz CT molecular complexity index is 897. The van der Waals surface area contributed by atoms with Crippen LogP contribution in [0.25, 0.3) is 5.65 Å². The van der Waals surface area contributed by atoms with E-state index in [4.69, 9.17) is 0 Å². The van der Waals surface area contributed by atoms with Gasteiger partial charge in [-0.3, -0.25) is 9.20 Å². The molecule has 5 heteroatoms. The minimum absolute atomic E-state index is 0.0481. The van der Waals surface area contributed by atoms with E-state index in [1.807, 2.05) is 39.1 Å². The first-order chi connectivity index (χ1) is 11.0. The molecule has 0 aliphatic rings. The van der Waals surface area contributed by atoms with Gasteiger partial charge in [0.05, 0.1) is 11.4 Å². The molecular formula is C18H19N3O2. The number of carbonyl (C=O) groups is 1. The minimum Gasteiger partial charge on any atom is -0.506 e. The normalized spacial score (nSPS) is 10.9. The van der Waals surface area contributed by atoms with E-state index in [1.54, 1.807) is 22.6 Å².